The van der Waals surface area contributed by atoms with Gasteiger partial charge in [0.25, 0.3) is 11.6 Å². The van der Waals surface area contributed by atoms with Gasteiger partial charge in [0.05, 0.1) is 22.3 Å². The van der Waals surface area contributed by atoms with Crippen LogP contribution in [0, 0.1) is 10.1 Å². The van der Waals surface area contributed by atoms with E-state index in [0.29, 0.717) is 17.1 Å². The Bertz CT molecular complexity index is 1470. The van der Waals surface area contributed by atoms with Crippen molar-refractivity contribution >= 4 is 11.6 Å². The van der Waals surface area contributed by atoms with E-state index in [-0.39, 0.29) is 17.6 Å². The van der Waals surface area contributed by atoms with Crippen molar-refractivity contribution in [2.75, 3.05) is 0 Å². The molecule has 0 radical (unpaired) electrons. The Morgan fingerprint density at radius 2 is 1.50 bits per heavy atom. The van der Waals surface area contributed by atoms with E-state index in [9.17, 15) is 14.9 Å². The van der Waals surface area contributed by atoms with Crippen LogP contribution < -0.4 is 5.32 Å². The molecule has 0 bridgehead atoms. The van der Waals surface area contributed by atoms with Crippen LogP contribution in [0.2, 0.25) is 0 Å². The standard InChI is InChI=1S/C28H23N5O3/c1-31-18-8-13-25(31)24-19-26(32(30-24)22-14-16-23(17-15-22)33(35)36)28(34)29-27(20-9-4-2-5-10-20)21-11-6-3-7-12-21/h2-19,27H,1H3,(H,29,34). The number of nitrogens with zero attached hydrogens (tertiary/aromatic N) is 4. The summed E-state index contributed by atoms with van der Waals surface area (Å²) in [6, 6.07) is 30.7. The first-order chi connectivity index (χ1) is 17.5. The van der Waals surface area contributed by atoms with Gasteiger partial charge in [0.2, 0.25) is 0 Å². The van der Waals surface area contributed by atoms with E-state index in [1.165, 1.54) is 16.8 Å². The van der Waals surface area contributed by atoms with Crippen molar-refractivity contribution < 1.29 is 9.72 Å². The van der Waals surface area contributed by atoms with Gasteiger partial charge in [-0.2, -0.15) is 5.10 Å². The van der Waals surface area contributed by atoms with E-state index in [2.05, 4.69) is 5.32 Å². The van der Waals surface area contributed by atoms with E-state index >= 15 is 0 Å². The number of hydrogen-bond acceptors (Lipinski definition) is 4. The molecule has 0 saturated heterocycles. The van der Waals surface area contributed by atoms with Crippen LogP contribution in [0.4, 0.5) is 5.69 Å². The minimum atomic E-state index is -0.458. The molecule has 0 fully saturated rings. The molecule has 5 aromatic rings. The number of aromatic nitrogens is 3. The van der Waals surface area contributed by atoms with Gasteiger partial charge in [-0.3, -0.25) is 14.9 Å². The monoisotopic (exact) mass is 477 g/mol. The van der Waals surface area contributed by atoms with Gasteiger partial charge in [0.1, 0.15) is 11.4 Å². The number of nitro groups is 1. The first-order valence-electron chi connectivity index (χ1n) is 11.4. The topological polar surface area (TPSA) is 95.0 Å². The van der Waals surface area contributed by atoms with Gasteiger partial charge in [-0.25, -0.2) is 4.68 Å². The lowest BCUT2D eigenvalue weighted by atomic mass is 9.98. The third kappa shape index (κ3) is 4.52. The zero-order valence-electron chi connectivity index (χ0n) is 19.5. The Labute approximate surface area is 207 Å². The molecule has 8 heteroatoms. The molecule has 8 nitrogen and oxygen atoms in total. The van der Waals surface area contributed by atoms with Crippen LogP contribution in [0.3, 0.4) is 0 Å². The molecule has 0 saturated carbocycles. The number of aryl methyl sites for hydroxylation is 1. The molecular weight excluding hydrogens is 454 g/mol. The van der Waals surface area contributed by atoms with Crippen molar-refractivity contribution in [1.29, 1.82) is 0 Å². The van der Waals surface area contributed by atoms with Crippen molar-refractivity contribution in [3.05, 3.63) is 136 Å². The van der Waals surface area contributed by atoms with Crippen LogP contribution in [0.25, 0.3) is 17.1 Å². The summed E-state index contributed by atoms with van der Waals surface area (Å²) in [5, 5.41) is 19.0. The van der Waals surface area contributed by atoms with E-state index in [4.69, 9.17) is 5.10 Å². The van der Waals surface area contributed by atoms with Crippen molar-refractivity contribution in [2.24, 2.45) is 7.05 Å². The maximum absolute atomic E-state index is 13.8. The molecule has 0 aliphatic carbocycles. The summed E-state index contributed by atoms with van der Waals surface area (Å²) in [6.07, 6.45) is 1.90. The highest BCUT2D eigenvalue weighted by atomic mass is 16.6. The van der Waals surface area contributed by atoms with Gasteiger partial charge in [-0.15, -0.1) is 0 Å². The van der Waals surface area contributed by atoms with Crippen LogP contribution in [0.15, 0.2) is 109 Å². The van der Waals surface area contributed by atoms with Crippen LogP contribution in [0.1, 0.15) is 27.7 Å². The summed E-state index contributed by atoms with van der Waals surface area (Å²) >= 11 is 0. The molecule has 1 N–H and O–H groups in total. The first-order valence-corrected chi connectivity index (χ1v) is 11.4. The minimum absolute atomic E-state index is 0.0345. The second-order valence-electron chi connectivity index (χ2n) is 8.33. The van der Waals surface area contributed by atoms with E-state index in [1.807, 2.05) is 90.6 Å². The van der Waals surface area contributed by atoms with E-state index in [1.54, 1.807) is 18.2 Å². The van der Waals surface area contributed by atoms with E-state index < -0.39 is 4.92 Å². The van der Waals surface area contributed by atoms with Crippen LogP contribution >= 0.6 is 0 Å². The van der Waals surface area contributed by atoms with Crippen molar-refractivity contribution in [3.8, 4) is 17.1 Å². The molecule has 0 aliphatic heterocycles. The van der Waals surface area contributed by atoms with Crippen molar-refractivity contribution in [2.45, 2.75) is 6.04 Å². The number of nitro benzene ring substituents is 1. The molecule has 36 heavy (non-hydrogen) atoms. The summed E-state index contributed by atoms with van der Waals surface area (Å²) in [6.45, 7) is 0. The van der Waals surface area contributed by atoms with Crippen LogP contribution in [-0.4, -0.2) is 25.2 Å². The Hall–Kier alpha value is -4.98. The molecular formula is C28H23N5O3. The maximum atomic E-state index is 13.8. The van der Waals surface area contributed by atoms with Crippen molar-refractivity contribution in [1.82, 2.24) is 19.7 Å². The predicted octanol–water partition coefficient (Wildman–Crippen LogP) is 5.31. The minimum Gasteiger partial charge on any atom is -0.349 e. The molecule has 0 aliphatic rings. The molecule has 178 valence electrons. The molecule has 0 atom stereocenters. The fourth-order valence-electron chi connectivity index (χ4n) is 4.16. The summed E-state index contributed by atoms with van der Waals surface area (Å²) < 4.78 is 3.44. The predicted molar refractivity (Wildman–Crippen MR) is 137 cm³/mol. The number of nitrogens with one attached hydrogen (secondary N) is 1. The highest BCUT2D eigenvalue weighted by Gasteiger charge is 2.23. The third-order valence-corrected chi connectivity index (χ3v) is 5.99. The molecule has 5 rings (SSSR count). The van der Waals surface area contributed by atoms with Gasteiger partial charge < -0.3 is 9.88 Å². The first kappa shape index (κ1) is 22.8. The Morgan fingerprint density at radius 1 is 0.889 bits per heavy atom. The van der Waals surface area contributed by atoms with Gasteiger partial charge in [0, 0.05) is 25.4 Å². The number of carbonyl (C=O) groups is 1. The lowest BCUT2D eigenvalue weighted by molar-refractivity contribution is -0.384. The highest BCUT2D eigenvalue weighted by molar-refractivity contribution is 5.94. The van der Waals surface area contributed by atoms with E-state index in [0.717, 1.165) is 16.8 Å². The number of hydrogen-bond donors (Lipinski definition) is 1. The normalized spacial score (nSPS) is 10.9. The zero-order valence-corrected chi connectivity index (χ0v) is 19.5. The number of rotatable bonds is 7. The second kappa shape index (κ2) is 9.71. The number of non-ortho nitro benzene ring substituents is 1. The molecule has 2 aromatic heterocycles. The van der Waals surface area contributed by atoms with Crippen LogP contribution in [0.5, 0.6) is 0 Å². The Morgan fingerprint density at radius 3 is 2.03 bits per heavy atom. The summed E-state index contributed by atoms with van der Waals surface area (Å²) in [5.41, 5.74) is 4.17. The average molecular weight is 478 g/mol. The summed E-state index contributed by atoms with van der Waals surface area (Å²) in [5.74, 6) is -0.320. The fraction of sp³-hybridized carbons (Fsp3) is 0.0714. The molecule has 0 unspecified atom stereocenters. The average Bonchev–Trinajstić information content (AvgIpc) is 3.54. The van der Waals surface area contributed by atoms with Crippen LogP contribution in [-0.2, 0) is 7.05 Å². The number of carbonyl (C=O) groups excluding carboxylic acids is 1. The second-order valence-corrected chi connectivity index (χ2v) is 8.33. The highest BCUT2D eigenvalue weighted by Crippen LogP contribution is 2.26. The molecule has 1 amide bonds. The SMILES string of the molecule is Cn1cccc1-c1cc(C(=O)NC(c2ccccc2)c2ccccc2)n(-c2ccc([N+](=O)[O-])cc2)n1. The quantitative estimate of drug-likeness (QED) is 0.254. The number of amides is 1. The van der Waals surface area contributed by atoms with Gasteiger partial charge in [-0.1, -0.05) is 60.7 Å². The lowest BCUT2D eigenvalue weighted by Gasteiger charge is -2.20. The van der Waals surface area contributed by atoms with Gasteiger partial charge in [0.15, 0.2) is 0 Å². The van der Waals surface area contributed by atoms with Gasteiger partial charge >= 0.3 is 0 Å². The summed E-state index contributed by atoms with van der Waals surface area (Å²) in [4.78, 5) is 24.4. The fourth-order valence-corrected chi connectivity index (χ4v) is 4.16. The smallest absolute Gasteiger partial charge is 0.270 e. The molecule has 3 aromatic carbocycles. The summed E-state index contributed by atoms with van der Waals surface area (Å²) in [7, 11) is 1.90. The maximum Gasteiger partial charge on any atom is 0.270 e. The molecule has 2 heterocycles. The number of benzene rings is 3. The Balaban J connectivity index is 1.57. The van der Waals surface area contributed by atoms with Crippen molar-refractivity contribution in [3.63, 3.8) is 0 Å². The molecule has 0 spiro atoms. The van der Waals surface area contributed by atoms with Gasteiger partial charge in [-0.05, 0) is 41.5 Å². The lowest BCUT2D eigenvalue weighted by Crippen LogP contribution is -2.31. The Kier molecular flexibility index (Phi) is 6.15. The largest absolute Gasteiger partial charge is 0.349 e. The zero-order chi connectivity index (χ0) is 25.1. The third-order valence-electron chi connectivity index (χ3n) is 5.99.